The lowest BCUT2D eigenvalue weighted by atomic mass is 9.94. The summed E-state index contributed by atoms with van der Waals surface area (Å²) in [5.41, 5.74) is 0.366. The smallest absolute Gasteiger partial charge is 0.240 e. The van der Waals surface area contributed by atoms with Crippen LogP contribution in [0.1, 0.15) is 44.6 Å². The summed E-state index contributed by atoms with van der Waals surface area (Å²) in [5, 5.41) is -1.11. The van der Waals surface area contributed by atoms with Crippen LogP contribution >= 0.6 is 0 Å². The Hall–Kier alpha value is -1.43. The van der Waals surface area contributed by atoms with E-state index in [1.54, 1.807) is 18.0 Å². The van der Waals surface area contributed by atoms with E-state index in [0.717, 1.165) is 25.7 Å². The Bertz CT molecular complexity index is 654. The fraction of sp³-hybridized carbons (Fsp3) is 0.588. The highest BCUT2D eigenvalue weighted by Crippen LogP contribution is 2.23. The van der Waals surface area contributed by atoms with Crippen molar-refractivity contribution >= 4 is 15.7 Å². The van der Waals surface area contributed by atoms with Gasteiger partial charge in [-0.3, -0.25) is 4.79 Å². The molecule has 0 saturated heterocycles. The molecule has 2 rings (SSSR count). The molecule has 0 N–H and O–H groups in total. The summed E-state index contributed by atoms with van der Waals surface area (Å²) >= 11 is 0. The number of amides is 1. The molecule has 1 saturated carbocycles. The zero-order valence-electron chi connectivity index (χ0n) is 13.7. The molecule has 1 aromatic carbocycles. The van der Waals surface area contributed by atoms with Gasteiger partial charge in [0.1, 0.15) is 11.1 Å². The molecule has 1 amide bonds. The summed E-state index contributed by atoms with van der Waals surface area (Å²) < 4.78 is 38.1. The molecule has 1 atom stereocenters. The van der Waals surface area contributed by atoms with Crippen LogP contribution in [0.25, 0.3) is 0 Å². The van der Waals surface area contributed by atoms with Gasteiger partial charge >= 0.3 is 0 Å². The molecule has 1 fully saturated rings. The van der Waals surface area contributed by atoms with E-state index >= 15 is 0 Å². The maximum atomic E-state index is 13.2. The van der Waals surface area contributed by atoms with Crippen LogP contribution in [0, 0.1) is 5.82 Å². The second-order valence-corrected chi connectivity index (χ2v) is 8.64. The first-order valence-electron chi connectivity index (χ1n) is 8.04. The van der Waals surface area contributed by atoms with E-state index in [9.17, 15) is 17.6 Å². The first-order chi connectivity index (χ1) is 10.8. The molecule has 0 bridgehead atoms. The number of carbonyl (C=O) groups is 1. The summed E-state index contributed by atoms with van der Waals surface area (Å²) in [5.74, 6) is -1.17. The van der Waals surface area contributed by atoms with Gasteiger partial charge < -0.3 is 4.90 Å². The quantitative estimate of drug-likeness (QED) is 0.827. The van der Waals surface area contributed by atoms with Crippen molar-refractivity contribution in [2.45, 2.75) is 56.1 Å². The highest BCUT2D eigenvalue weighted by molar-refractivity contribution is 7.92. The van der Waals surface area contributed by atoms with E-state index in [0.29, 0.717) is 5.56 Å². The predicted octanol–water partition coefficient (Wildman–Crippen LogP) is 2.92. The third-order valence-corrected chi connectivity index (χ3v) is 6.63. The van der Waals surface area contributed by atoms with Gasteiger partial charge in [0.15, 0.2) is 9.84 Å². The normalized spacial score (nSPS) is 17.7. The van der Waals surface area contributed by atoms with Crippen LogP contribution in [-0.4, -0.2) is 37.6 Å². The van der Waals surface area contributed by atoms with Gasteiger partial charge in [-0.15, -0.1) is 0 Å². The van der Waals surface area contributed by atoms with Crippen molar-refractivity contribution in [3.8, 4) is 0 Å². The summed E-state index contributed by atoms with van der Waals surface area (Å²) in [6.45, 7) is 1.43. The van der Waals surface area contributed by atoms with Crippen LogP contribution in [0.5, 0.6) is 0 Å². The lowest BCUT2D eigenvalue weighted by Crippen LogP contribution is -2.45. The van der Waals surface area contributed by atoms with Gasteiger partial charge in [-0.2, -0.15) is 0 Å². The van der Waals surface area contributed by atoms with Gasteiger partial charge in [0.25, 0.3) is 0 Å². The fourth-order valence-corrected chi connectivity index (χ4v) is 4.44. The Morgan fingerprint density at radius 2 is 1.96 bits per heavy atom. The van der Waals surface area contributed by atoms with E-state index in [1.165, 1.54) is 31.5 Å². The number of rotatable bonds is 5. The molecule has 0 radical (unpaired) electrons. The Labute approximate surface area is 137 Å². The van der Waals surface area contributed by atoms with Crippen molar-refractivity contribution in [3.63, 3.8) is 0 Å². The number of hydrogen-bond acceptors (Lipinski definition) is 3. The fourth-order valence-electron chi connectivity index (χ4n) is 3.07. The van der Waals surface area contributed by atoms with Crippen LogP contribution < -0.4 is 0 Å². The minimum absolute atomic E-state index is 0.128. The summed E-state index contributed by atoms with van der Waals surface area (Å²) in [4.78, 5) is 14.1. The lowest BCUT2D eigenvalue weighted by molar-refractivity contribution is -0.131. The standard InChI is InChI=1S/C17H24FNO3S/c1-13(17(20)19(2)16-9-4-3-5-10-16)23(21,22)12-14-7-6-8-15(18)11-14/h6-8,11,13,16H,3-5,9-10,12H2,1-2H3. The van der Waals surface area contributed by atoms with Crippen LogP contribution in [-0.2, 0) is 20.4 Å². The number of hydrogen-bond donors (Lipinski definition) is 0. The summed E-state index contributed by atoms with van der Waals surface area (Å²) in [6, 6.07) is 5.62. The number of sulfone groups is 1. The Morgan fingerprint density at radius 3 is 2.57 bits per heavy atom. The summed E-state index contributed by atoms with van der Waals surface area (Å²) in [6.07, 6.45) is 5.18. The third-order valence-electron chi connectivity index (χ3n) is 4.61. The Balaban J connectivity index is 2.07. The molecule has 1 unspecified atom stereocenters. The molecule has 4 nitrogen and oxygen atoms in total. The second-order valence-electron chi connectivity index (χ2n) is 6.32. The number of nitrogens with zero attached hydrogens (tertiary/aromatic N) is 1. The van der Waals surface area contributed by atoms with Crippen molar-refractivity contribution < 1.29 is 17.6 Å². The van der Waals surface area contributed by atoms with Gasteiger partial charge in [-0.25, -0.2) is 12.8 Å². The van der Waals surface area contributed by atoms with Crippen LogP contribution in [0.15, 0.2) is 24.3 Å². The first kappa shape index (κ1) is 17.9. The first-order valence-corrected chi connectivity index (χ1v) is 9.75. The van der Waals surface area contributed by atoms with Gasteiger partial charge in [-0.05, 0) is 37.5 Å². The average molecular weight is 341 g/mol. The highest BCUT2D eigenvalue weighted by Gasteiger charge is 2.33. The molecule has 0 aliphatic heterocycles. The largest absolute Gasteiger partial charge is 0.342 e. The molecule has 23 heavy (non-hydrogen) atoms. The number of carbonyl (C=O) groups excluding carboxylic acids is 1. The van der Waals surface area contributed by atoms with Crippen molar-refractivity contribution in [2.24, 2.45) is 0 Å². The van der Waals surface area contributed by atoms with E-state index in [4.69, 9.17) is 0 Å². The van der Waals surface area contributed by atoms with Gasteiger partial charge in [-0.1, -0.05) is 31.4 Å². The van der Waals surface area contributed by atoms with Crippen LogP contribution in [0.4, 0.5) is 4.39 Å². The molecular formula is C17H24FNO3S. The minimum atomic E-state index is -3.67. The molecule has 1 aromatic rings. The van der Waals surface area contributed by atoms with Crippen molar-refractivity contribution in [2.75, 3.05) is 7.05 Å². The molecule has 6 heteroatoms. The monoisotopic (exact) mass is 341 g/mol. The molecule has 0 aromatic heterocycles. The second kappa shape index (κ2) is 7.43. The van der Waals surface area contributed by atoms with E-state index < -0.39 is 20.9 Å². The average Bonchev–Trinajstić information content (AvgIpc) is 2.53. The van der Waals surface area contributed by atoms with Gasteiger partial charge in [0, 0.05) is 13.1 Å². The molecule has 1 aliphatic carbocycles. The number of halogens is 1. The predicted molar refractivity (Wildman–Crippen MR) is 88.1 cm³/mol. The van der Waals surface area contributed by atoms with Crippen LogP contribution in [0.2, 0.25) is 0 Å². The maximum Gasteiger partial charge on any atom is 0.240 e. The van der Waals surface area contributed by atoms with E-state index in [-0.39, 0.29) is 17.7 Å². The van der Waals surface area contributed by atoms with Crippen LogP contribution in [0.3, 0.4) is 0 Å². The van der Waals surface area contributed by atoms with Crippen molar-refractivity contribution in [3.05, 3.63) is 35.6 Å². The topological polar surface area (TPSA) is 54.5 Å². The minimum Gasteiger partial charge on any atom is -0.342 e. The Kier molecular flexibility index (Phi) is 5.79. The lowest BCUT2D eigenvalue weighted by Gasteiger charge is -2.32. The van der Waals surface area contributed by atoms with Gasteiger partial charge in [0.2, 0.25) is 5.91 Å². The third kappa shape index (κ3) is 4.53. The molecular weight excluding hydrogens is 317 g/mol. The summed E-state index contributed by atoms with van der Waals surface area (Å²) in [7, 11) is -1.98. The van der Waals surface area contributed by atoms with E-state index in [1.807, 2.05) is 0 Å². The Morgan fingerprint density at radius 1 is 1.30 bits per heavy atom. The van der Waals surface area contributed by atoms with Crippen molar-refractivity contribution in [1.29, 1.82) is 0 Å². The highest BCUT2D eigenvalue weighted by atomic mass is 32.2. The molecule has 128 valence electrons. The molecule has 0 spiro atoms. The maximum absolute atomic E-state index is 13.2. The SMILES string of the molecule is CC(C(=O)N(C)C1CCCCC1)S(=O)(=O)Cc1cccc(F)c1. The zero-order chi connectivity index (χ0) is 17.0. The molecule has 1 aliphatic rings. The zero-order valence-corrected chi connectivity index (χ0v) is 14.5. The van der Waals surface area contributed by atoms with E-state index in [2.05, 4.69) is 0 Å². The van der Waals surface area contributed by atoms with Gasteiger partial charge in [0.05, 0.1) is 5.75 Å². The van der Waals surface area contributed by atoms with Crippen molar-refractivity contribution in [1.82, 2.24) is 4.90 Å². The number of benzene rings is 1. The molecule has 0 heterocycles.